The second kappa shape index (κ2) is 4.08. The molecule has 0 aromatic carbocycles. The molecule has 0 saturated carbocycles. The molecular weight excluding hydrogens is 158 g/mol. The van der Waals surface area contributed by atoms with E-state index in [0.717, 1.165) is 6.42 Å². The number of aliphatic imine (C=N–C) groups is 1. The van der Waals surface area contributed by atoms with E-state index in [2.05, 4.69) is 46.2 Å². The maximum atomic E-state index is 4.26. The summed E-state index contributed by atoms with van der Waals surface area (Å²) in [6.45, 7) is 14.9. The summed E-state index contributed by atoms with van der Waals surface area (Å²) in [7, 11) is 1.86. The predicted molar refractivity (Wildman–Crippen MR) is 61.4 cm³/mol. The topological polar surface area (TPSA) is 12.4 Å². The summed E-state index contributed by atoms with van der Waals surface area (Å²) in [6.07, 6.45) is 3.12. The van der Waals surface area contributed by atoms with Gasteiger partial charge in [0.2, 0.25) is 0 Å². The minimum atomic E-state index is 0.173. The first-order valence-corrected chi connectivity index (χ1v) is 4.82. The Morgan fingerprint density at radius 1 is 1.31 bits per heavy atom. The van der Waals surface area contributed by atoms with Gasteiger partial charge in [-0.05, 0) is 18.8 Å². The summed E-state index contributed by atoms with van der Waals surface area (Å²) in [5.41, 5.74) is 1.57. The lowest BCUT2D eigenvalue weighted by molar-refractivity contribution is 0.315. The monoisotopic (exact) mass is 181 g/mol. The standard InChI is InChI=1S/C12H23N/c1-8-11(3,4)9-12(5,6)10(2)13-7/h8H,1,9H2,2-7H3. The van der Waals surface area contributed by atoms with Crippen molar-refractivity contribution in [3.8, 4) is 0 Å². The molecule has 0 bridgehead atoms. The van der Waals surface area contributed by atoms with Crippen molar-refractivity contribution < 1.29 is 0 Å². The van der Waals surface area contributed by atoms with Crippen LogP contribution in [0.3, 0.4) is 0 Å². The summed E-state index contributed by atoms with van der Waals surface area (Å²) >= 11 is 0. The molecule has 1 heteroatoms. The van der Waals surface area contributed by atoms with Crippen LogP contribution in [0.5, 0.6) is 0 Å². The van der Waals surface area contributed by atoms with Gasteiger partial charge in [0.25, 0.3) is 0 Å². The van der Waals surface area contributed by atoms with Crippen molar-refractivity contribution in [3.05, 3.63) is 12.7 Å². The van der Waals surface area contributed by atoms with Crippen molar-refractivity contribution in [1.82, 2.24) is 0 Å². The molecular formula is C12H23N. The van der Waals surface area contributed by atoms with Crippen LogP contribution in [0.25, 0.3) is 0 Å². The SMILES string of the molecule is C=CC(C)(C)CC(C)(C)C(C)=NC. The van der Waals surface area contributed by atoms with Crippen molar-refractivity contribution in [3.63, 3.8) is 0 Å². The maximum absolute atomic E-state index is 4.26. The Morgan fingerprint density at radius 2 is 1.77 bits per heavy atom. The summed E-state index contributed by atoms with van der Waals surface area (Å²) in [5, 5.41) is 0. The van der Waals surface area contributed by atoms with Crippen LogP contribution in [0, 0.1) is 10.8 Å². The summed E-state index contributed by atoms with van der Waals surface area (Å²) in [6, 6.07) is 0. The van der Waals surface area contributed by atoms with Crippen molar-refractivity contribution >= 4 is 5.71 Å². The lowest BCUT2D eigenvalue weighted by Gasteiger charge is -2.32. The Balaban J connectivity index is 4.60. The van der Waals surface area contributed by atoms with Crippen LogP contribution in [0.4, 0.5) is 0 Å². The highest BCUT2D eigenvalue weighted by atomic mass is 14.7. The molecule has 0 rings (SSSR count). The Labute approximate surface area is 83.0 Å². The largest absolute Gasteiger partial charge is 0.297 e. The molecule has 0 aliphatic rings. The van der Waals surface area contributed by atoms with Crippen molar-refractivity contribution in [1.29, 1.82) is 0 Å². The molecule has 0 spiro atoms. The van der Waals surface area contributed by atoms with E-state index in [0.29, 0.717) is 0 Å². The van der Waals surface area contributed by atoms with E-state index >= 15 is 0 Å². The van der Waals surface area contributed by atoms with Gasteiger partial charge in [-0.1, -0.05) is 33.8 Å². The van der Waals surface area contributed by atoms with Gasteiger partial charge in [0.05, 0.1) is 0 Å². The van der Waals surface area contributed by atoms with Gasteiger partial charge in [0.1, 0.15) is 0 Å². The molecule has 0 unspecified atom stereocenters. The second-order valence-electron chi connectivity index (χ2n) is 5.06. The molecule has 0 N–H and O–H groups in total. The van der Waals surface area contributed by atoms with Gasteiger partial charge >= 0.3 is 0 Å². The lowest BCUT2D eigenvalue weighted by Crippen LogP contribution is -2.28. The first-order chi connectivity index (χ1) is 5.75. The van der Waals surface area contributed by atoms with Crippen LogP contribution in [0.2, 0.25) is 0 Å². The molecule has 76 valence electrons. The Hall–Kier alpha value is -0.590. The van der Waals surface area contributed by atoms with Crippen LogP contribution in [0.1, 0.15) is 41.0 Å². The highest BCUT2D eigenvalue weighted by molar-refractivity contribution is 5.87. The molecule has 0 radical (unpaired) electrons. The van der Waals surface area contributed by atoms with Gasteiger partial charge in [-0.25, -0.2) is 0 Å². The van der Waals surface area contributed by atoms with Crippen LogP contribution < -0.4 is 0 Å². The van der Waals surface area contributed by atoms with Crippen molar-refractivity contribution in [2.24, 2.45) is 15.8 Å². The summed E-state index contributed by atoms with van der Waals surface area (Å²) in [4.78, 5) is 4.26. The zero-order valence-corrected chi connectivity index (χ0v) is 9.94. The van der Waals surface area contributed by atoms with Crippen LogP contribution in [0.15, 0.2) is 17.6 Å². The molecule has 0 amide bonds. The third-order valence-corrected chi connectivity index (χ3v) is 2.76. The number of allylic oxidation sites excluding steroid dienone is 1. The lowest BCUT2D eigenvalue weighted by atomic mass is 9.73. The van der Waals surface area contributed by atoms with E-state index in [1.54, 1.807) is 0 Å². The van der Waals surface area contributed by atoms with Gasteiger partial charge < -0.3 is 0 Å². The van der Waals surface area contributed by atoms with E-state index in [1.165, 1.54) is 5.71 Å². The quantitative estimate of drug-likeness (QED) is 0.463. The Morgan fingerprint density at radius 3 is 2.08 bits per heavy atom. The van der Waals surface area contributed by atoms with E-state index in [9.17, 15) is 0 Å². The molecule has 0 aromatic heterocycles. The van der Waals surface area contributed by atoms with Crippen LogP contribution in [-0.4, -0.2) is 12.8 Å². The predicted octanol–water partition coefficient (Wildman–Crippen LogP) is 3.71. The minimum Gasteiger partial charge on any atom is -0.297 e. The zero-order chi connectivity index (χ0) is 10.7. The molecule has 0 saturated heterocycles. The van der Waals surface area contributed by atoms with E-state index in [4.69, 9.17) is 0 Å². The number of rotatable bonds is 4. The number of hydrogen-bond donors (Lipinski definition) is 0. The molecule has 0 atom stereocenters. The smallest absolute Gasteiger partial charge is 0.0276 e. The Bertz CT molecular complexity index is 209. The Kier molecular flexibility index (Phi) is 3.89. The fraction of sp³-hybridized carbons (Fsp3) is 0.750. The highest BCUT2D eigenvalue weighted by Crippen LogP contribution is 2.35. The normalized spacial score (nSPS) is 14.5. The van der Waals surface area contributed by atoms with Gasteiger partial charge in [-0.3, -0.25) is 4.99 Å². The van der Waals surface area contributed by atoms with Crippen LogP contribution >= 0.6 is 0 Å². The molecule has 0 fully saturated rings. The van der Waals surface area contributed by atoms with Gasteiger partial charge in [-0.2, -0.15) is 0 Å². The van der Waals surface area contributed by atoms with Gasteiger partial charge in [-0.15, -0.1) is 6.58 Å². The third-order valence-electron chi connectivity index (χ3n) is 2.76. The molecule has 0 heterocycles. The number of hydrogen-bond acceptors (Lipinski definition) is 1. The fourth-order valence-corrected chi connectivity index (χ4v) is 1.64. The fourth-order valence-electron chi connectivity index (χ4n) is 1.64. The van der Waals surface area contributed by atoms with E-state index in [1.807, 2.05) is 13.1 Å². The molecule has 0 aliphatic heterocycles. The summed E-state index contributed by atoms with van der Waals surface area (Å²) < 4.78 is 0. The average molecular weight is 181 g/mol. The average Bonchev–Trinajstić information content (AvgIpc) is 2.01. The highest BCUT2D eigenvalue weighted by Gasteiger charge is 2.28. The molecule has 13 heavy (non-hydrogen) atoms. The second-order valence-corrected chi connectivity index (χ2v) is 5.06. The molecule has 1 nitrogen and oxygen atoms in total. The minimum absolute atomic E-state index is 0.173. The first kappa shape index (κ1) is 12.4. The first-order valence-electron chi connectivity index (χ1n) is 4.82. The van der Waals surface area contributed by atoms with Crippen LogP contribution in [-0.2, 0) is 0 Å². The van der Waals surface area contributed by atoms with E-state index < -0.39 is 0 Å². The number of nitrogens with zero attached hydrogens (tertiary/aromatic N) is 1. The van der Waals surface area contributed by atoms with E-state index in [-0.39, 0.29) is 10.8 Å². The molecule has 0 aromatic rings. The van der Waals surface area contributed by atoms with Crippen molar-refractivity contribution in [2.45, 2.75) is 41.0 Å². The van der Waals surface area contributed by atoms with Crippen molar-refractivity contribution in [2.75, 3.05) is 7.05 Å². The molecule has 0 aliphatic carbocycles. The van der Waals surface area contributed by atoms with Gasteiger partial charge in [0.15, 0.2) is 0 Å². The zero-order valence-electron chi connectivity index (χ0n) is 9.94. The van der Waals surface area contributed by atoms with Gasteiger partial charge in [0, 0.05) is 18.2 Å². The summed E-state index contributed by atoms with van der Waals surface area (Å²) in [5.74, 6) is 0. The maximum Gasteiger partial charge on any atom is 0.0276 e. The third kappa shape index (κ3) is 3.75.